The zero-order valence-electron chi connectivity index (χ0n) is 20.0. The lowest BCUT2D eigenvalue weighted by molar-refractivity contribution is 1.22. The van der Waals surface area contributed by atoms with Crippen LogP contribution in [0.1, 0.15) is 5.56 Å². The van der Waals surface area contributed by atoms with Crippen molar-refractivity contribution in [3.05, 3.63) is 133 Å². The highest BCUT2D eigenvalue weighted by molar-refractivity contribution is 6.18. The molecule has 1 heterocycles. The lowest BCUT2D eigenvalue weighted by Crippen LogP contribution is -2.11. The van der Waals surface area contributed by atoms with Crippen LogP contribution in [0.25, 0.3) is 44.2 Å². The minimum Gasteiger partial charge on any atom is -0.310 e. The van der Waals surface area contributed by atoms with E-state index in [1.54, 1.807) is 0 Å². The monoisotopic (exact) mass is 460 g/mol. The maximum Gasteiger partial charge on any atom is 0.0492 e. The number of hydrogen-bond donors (Lipinski definition) is 0. The molecule has 5 aromatic carbocycles. The Kier molecular flexibility index (Phi) is 4.71. The fourth-order valence-corrected chi connectivity index (χ4v) is 5.58. The average Bonchev–Trinajstić information content (AvgIpc) is 3.27. The molecule has 0 radical (unpaired) electrons. The lowest BCUT2D eigenvalue weighted by Gasteiger charge is -2.27. The van der Waals surface area contributed by atoms with Gasteiger partial charge in [-0.05, 0) is 87.0 Å². The molecule has 0 saturated carbocycles. The summed E-state index contributed by atoms with van der Waals surface area (Å²) in [4.78, 5) is 6.52. The van der Waals surface area contributed by atoms with Gasteiger partial charge in [-0.1, -0.05) is 84.9 Å². The normalized spacial score (nSPS) is 11.5. The SMILES string of the molecule is Cc1ccccc1N(c1ccncc1)c1ccc(-c2ccc3c4c(cccc24)-c2ccccc2-3)cc1. The summed E-state index contributed by atoms with van der Waals surface area (Å²) in [5, 5.41) is 2.66. The number of benzene rings is 5. The van der Waals surface area contributed by atoms with Gasteiger partial charge in [-0.3, -0.25) is 4.98 Å². The number of aryl methyl sites for hydroxylation is 1. The summed E-state index contributed by atoms with van der Waals surface area (Å²) in [5.74, 6) is 0. The highest BCUT2D eigenvalue weighted by Gasteiger charge is 2.22. The van der Waals surface area contributed by atoms with Crippen molar-refractivity contribution in [2.45, 2.75) is 6.92 Å². The molecule has 0 saturated heterocycles. The smallest absolute Gasteiger partial charge is 0.0492 e. The topological polar surface area (TPSA) is 16.1 Å². The Morgan fingerprint density at radius 3 is 1.86 bits per heavy atom. The van der Waals surface area contributed by atoms with Gasteiger partial charge in [0.15, 0.2) is 0 Å². The van der Waals surface area contributed by atoms with Crippen LogP contribution < -0.4 is 4.90 Å². The fraction of sp³-hybridized carbons (Fsp3) is 0.0294. The second-order valence-electron chi connectivity index (χ2n) is 9.31. The highest BCUT2D eigenvalue weighted by atomic mass is 15.1. The Balaban J connectivity index is 1.35. The van der Waals surface area contributed by atoms with Crippen LogP contribution in [0.2, 0.25) is 0 Å². The van der Waals surface area contributed by atoms with Crippen molar-refractivity contribution in [1.82, 2.24) is 4.98 Å². The van der Waals surface area contributed by atoms with E-state index in [2.05, 4.69) is 132 Å². The third-order valence-corrected chi connectivity index (χ3v) is 7.26. The molecule has 7 rings (SSSR count). The summed E-state index contributed by atoms with van der Waals surface area (Å²) in [6.07, 6.45) is 3.69. The van der Waals surface area contributed by atoms with E-state index in [0.29, 0.717) is 0 Å². The molecule has 0 unspecified atom stereocenters. The second kappa shape index (κ2) is 8.21. The summed E-state index contributed by atoms with van der Waals surface area (Å²) >= 11 is 0. The Bertz CT molecular complexity index is 1700. The number of aromatic nitrogens is 1. The number of para-hydroxylation sites is 1. The molecule has 1 aliphatic rings. The van der Waals surface area contributed by atoms with Crippen molar-refractivity contribution in [1.29, 1.82) is 0 Å². The summed E-state index contributed by atoms with van der Waals surface area (Å²) in [6, 6.07) is 41.5. The van der Waals surface area contributed by atoms with Crippen molar-refractivity contribution in [2.24, 2.45) is 0 Å². The van der Waals surface area contributed by atoms with E-state index in [9.17, 15) is 0 Å². The third-order valence-electron chi connectivity index (χ3n) is 7.26. The Morgan fingerprint density at radius 2 is 1.11 bits per heavy atom. The summed E-state index contributed by atoms with van der Waals surface area (Å²) in [7, 11) is 0. The molecule has 0 aliphatic heterocycles. The highest BCUT2D eigenvalue weighted by Crippen LogP contribution is 2.49. The van der Waals surface area contributed by atoms with Crippen LogP contribution in [0.3, 0.4) is 0 Å². The molecule has 1 aliphatic carbocycles. The lowest BCUT2D eigenvalue weighted by atomic mass is 9.94. The number of pyridine rings is 1. The first-order valence-corrected chi connectivity index (χ1v) is 12.3. The van der Waals surface area contributed by atoms with Crippen molar-refractivity contribution < 1.29 is 0 Å². The predicted molar refractivity (Wildman–Crippen MR) is 151 cm³/mol. The van der Waals surface area contributed by atoms with Gasteiger partial charge in [-0.2, -0.15) is 0 Å². The molecule has 0 fully saturated rings. The Labute approximate surface area is 211 Å². The van der Waals surface area contributed by atoms with Gasteiger partial charge >= 0.3 is 0 Å². The number of nitrogens with zero attached hydrogens (tertiary/aromatic N) is 2. The molecule has 36 heavy (non-hydrogen) atoms. The van der Waals surface area contributed by atoms with Crippen LogP contribution in [0.4, 0.5) is 17.1 Å². The van der Waals surface area contributed by atoms with Gasteiger partial charge < -0.3 is 4.90 Å². The molecule has 0 spiro atoms. The summed E-state index contributed by atoms with van der Waals surface area (Å²) in [5.41, 5.74) is 12.4. The van der Waals surface area contributed by atoms with Gasteiger partial charge in [0.2, 0.25) is 0 Å². The number of hydrogen-bond acceptors (Lipinski definition) is 2. The van der Waals surface area contributed by atoms with E-state index in [0.717, 1.165) is 11.4 Å². The van der Waals surface area contributed by atoms with Crippen molar-refractivity contribution in [3.63, 3.8) is 0 Å². The molecule has 170 valence electrons. The van der Waals surface area contributed by atoms with E-state index in [1.807, 2.05) is 12.4 Å². The molecule has 0 bridgehead atoms. The molecule has 0 N–H and O–H groups in total. The molecule has 6 aromatic rings. The van der Waals surface area contributed by atoms with Gasteiger partial charge in [-0.25, -0.2) is 0 Å². The minimum absolute atomic E-state index is 1.09. The van der Waals surface area contributed by atoms with Crippen LogP contribution >= 0.6 is 0 Å². The molecule has 0 amide bonds. The second-order valence-corrected chi connectivity index (χ2v) is 9.31. The molecule has 1 aromatic heterocycles. The van der Waals surface area contributed by atoms with Crippen LogP contribution in [-0.2, 0) is 0 Å². The molecule has 2 heteroatoms. The average molecular weight is 461 g/mol. The van der Waals surface area contributed by atoms with Gasteiger partial charge in [-0.15, -0.1) is 0 Å². The van der Waals surface area contributed by atoms with Crippen molar-refractivity contribution >= 4 is 27.8 Å². The summed E-state index contributed by atoms with van der Waals surface area (Å²) in [6.45, 7) is 2.16. The standard InChI is InChI=1S/C34H24N2/c1-23-7-2-5-12-33(23)36(26-19-21-35-22-20-26)25-15-13-24(14-16-25)27-17-18-32-29-9-4-3-8-28(29)31-11-6-10-30(27)34(31)32/h2-22H,1H3. The zero-order chi connectivity index (χ0) is 24.1. The fourth-order valence-electron chi connectivity index (χ4n) is 5.58. The number of rotatable bonds is 4. The van der Waals surface area contributed by atoms with Gasteiger partial charge in [0.25, 0.3) is 0 Å². The minimum atomic E-state index is 1.09. The Morgan fingerprint density at radius 1 is 0.500 bits per heavy atom. The van der Waals surface area contributed by atoms with Crippen molar-refractivity contribution in [2.75, 3.05) is 4.90 Å². The van der Waals surface area contributed by atoms with Gasteiger partial charge in [0, 0.05) is 29.5 Å². The van der Waals surface area contributed by atoms with E-state index >= 15 is 0 Å². The van der Waals surface area contributed by atoms with E-state index < -0.39 is 0 Å². The quantitative estimate of drug-likeness (QED) is 0.260. The molecule has 0 atom stereocenters. The van der Waals surface area contributed by atoms with E-state index in [1.165, 1.54) is 55.4 Å². The zero-order valence-corrected chi connectivity index (χ0v) is 20.0. The number of anilines is 3. The number of fused-ring (bicyclic) bond motifs is 3. The van der Waals surface area contributed by atoms with Crippen LogP contribution in [0, 0.1) is 6.92 Å². The van der Waals surface area contributed by atoms with Crippen molar-refractivity contribution in [3.8, 4) is 33.4 Å². The largest absolute Gasteiger partial charge is 0.310 e. The molecule has 2 nitrogen and oxygen atoms in total. The third kappa shape index (κ3) is 3.15. The molecular formula is C34H24N2. The van der Waals surface area contributed by atoms with E-state index in [-0.39, 0.29) is 0 Å². The van der Waals surface area contributed by atoms with Gasteiger partial charge in [0.1, 0.15) is 0 Å². The first-order chi connectivity index (χ1) is 17.8. The maximum absolute atomic E-state index is 4.23. The maximum atomic E-state index is 4.23. The van der Waals surface area contributed by atoms with Crippen LogP contribution in [0.15, 0.2) is 128 Å². The first kappa shape index (κ1) is 20.7. The van der Waals surface area contributed by atoms with Gasteiger partial charge in [0.05, 0.1) is 0 Å². The Hall–Kier alpha value is -4.69. The van der Waals surface area contributed by atoms with Crippen LogP contribution in [-0.4, -0.2) is 4.98 Å². The van der Waals surface area contributed by atoms with Crippen LogP contribution in [0.5, 0.6) is 0 Å². The van der Waals surface area contributed by atoms with E-state index in [4.69, 9.17) is 0 Å². The molecular weight excluding hydrogens is 436 g/mol. The predicted octanol–water partition coefficient (Wildman–Crippen LogP) is 9.33. The summed E-state index contributed by atoms with van der Waals surface area (Å²) < 4.78 is 0. The first-order valence-electron chi connectivity index (χ1n) is 12.3.